The lowest BCUT2D eigenvalue weighted by atomic mass is 10.3. The Kier molecular flexibility index (Phi) is 5.23. The van der Waals surface area contributed by atoms with E-state index in [1.165, 1.54) is 6.07 Å². The van der Waals surface area contributed by atoms with Crippen molar-refractivity contribution in [3.8, 4) is 11.4 Å². The molecule has 25 heavy (non-hydrogen) atoms. The molecule has 1 aliphatic heterocycles. The molecule has 0 atom stereocenters. The number of hydrogen-bond acceptors (Lipinski definition) is 4. The first-order valence-electron chi connectivity index (χ1n) is 8.80. The topological polar surface area (TPSA) is 71.8 Å². The number of piperazine rings is 1. The standard InChI is InChI=1S/C18H24N4O3/c1-3-20-9-11-21(12-10-20)16-13-17(23)22(18(24)19-16)14-5-7-15(8-6-14)25-4-2/h5-8,13H,3-4,9-12H2,1-2H3,(H,19,24)/p+1. The van der Waals surface area contributed by atoms with Gasteiger partial charge in [-0.1, -0.05) is 0 Å². The molecule has 3 rings (SSSR count). The summed E-state index contributed by atoms with van der Waals surface area (Å²) in [6.07, 6.45) is 0. The summed E-state index contributed by atoms with van der Waals surface area (Å²) >= 11 is 0. The maximum atomic E-state index is 12.5. The second-order valence-corrected chi connectivity index (χ2v) is 6.15. The third-order valence-corrected chi connectivity index (χ3v) is 4.64. The van der Waals surface area contributed by atoms with Crippen LogP contribution in [0.15, 0.2) is 39.9 Å². The molecule has 7 nitrogen and oxygen atoms in total. The number of likely N-dealkylation sites (N-methyl/N-ethyl adjacent to an activating group) is 1. The van der Waals surface area contributed by atoms with Crippen molar-refractivity contribution in [1.82, 2.24) is 9.55 Å². The van der Waals surface area contributed by atoms with Gasteiger partial charge in [-0.3, -0.25) is 9.78 Å². The molecule has 134 valence electrons. The third kappa shape index (κ3) is 3.76. The van der Waals surface area contributed by atoms with E-state index in [1.807, 2.05) is 6.92 Å². The second kappa shape index (κ2) is 7.57. The number of quaternary nitrogens is 1. The van der Waals surface area contributed by atoms with Crippen LogP contribution < -0.4 is 25.8 Å². The zero-order valence-electron chi connectivity index (χ0n) is 14.7. The molecule has 0 radical (unpaired) electrons. The molecule has 2 heterocycles. The first-order chi connectivity index (χ1) is 12.1. The van der Waals surface area contributed by atoms with Crippen molar-refractivity contribution >= 4 is 5.82 Å². The Bertz CT molecular complexity index is 786. The van der Waals surface area contributed by atoms with E-state index in [-0.39, 0.29) is 5.56 Å². The summed E-state index contributed by atoms with van der Waals surface area (Å²) in [4.78, 5) is 31.5. The van der Waals surface area contributed by atoms with Crippen LogP contribution >= 0.6 is 0 Å². The number of aromatic amines is 1. The van der Waals surface area contributed by atoms with Crippen LogP contribution in [0.3, 0.4) is 0 Å². The summed E-state index contributed by atoms with van der Waals surface area (Å²) in [5.41, 5.74) is -0.216. The minimum absolute atomic E-state index is 0.326. The average molecular weight is 345 g/mol. The SMILES string of the molecule is CCOc1ccc(-n2c(=O)cc(N3CC[NH+](CC)CC3)[nH]c2=O)cc1. The molecular weight excluding hydrogens is 320 g/mol. The van der Waals surface area contributed by atoms with E-state index in [9.17, 15) is 9.59 Å². The molecule has 2 aromatic rings. The summed E-state index contributed by atoms with van der Waals surface area (Å²) in [5.74, 6) is 1.32. The number of nitrogens with one attached hydrogen (secondary N) is 2. The Morgan fingerprint density at radius 3 is 2.36 bits per heavy atom. The number of benzene rings is 1. The molecule has 0 spiro atoms. The molecule has 0 bridgehead atoms. The summed E-state index contributed by atoms with van der Waals surface area (Å²) in [6, 6.07) is 8.45. The Morgan fingerprint density at radius 2 is 1.80 bits per heavy atom. The van der Waals surface area contributed by atoms with Crippen LogP contribution in [0.5, 0.6) is 5.75 Å². The number of aromatic nitrogens is 2. The highest BCUT2D eigenvalue weighted by molar-refractivity contribution is 5.41. The van der Waals surface area contributed by atoms with Gasteiger partial charge >= 0.3 is 5.69 Å². The van der Waals surface area contributed by atoms with Gasteiger partial charge in [0.15, 0.2) is 0 Å². The largest absolute Gasteiger partial charge is 0.494 e. The maximum absolute atomic E-state index is 12.5. The first kappa shape index (κ1) is 17.3. The predicted molar refractivity (Wildman–Crippen MR) is 97.3 cm³/mol. The van der Waals surface area contributed by atoms with Crippen molar-refractivity contribution in [2.75, 3.05) is 44.2 Å². The maximum Gasteiger partial charge on any atom is 0.334 e. The molecule has 2 N–H and O–H groups in total. The van der Waals surface area contributed by atoms with E-state index in [0.717, 1.165) is 37.3 Å². The van der Waals surface area contributed by atoms with Gasteiger partial charge in [0.05, 0.1) is 45.0 Å². The van der Waals surface area contributed by atoms with Crippen LogP contribution in [0.4, 0.5) is 5.82 Å². The van der Waals surface area contributed by atoms with Gasteiger partial charge in [-0.05, 0) is 38.1 Å². The number of nitrogens with zero attached hydrogens (tertiary/aromatic N) is 2. The summed E-state index contributed by atoms with van der Waals surface area (Å²) < 4.78 is 6.54. The smallest absolute Gasteiger partial charge is 0.334 e. The Morgan fingerprint density at radius 1 is 1.12 bits per heavy atom. The van der Waals surface area contributed by atoms with Crippen LogP contribution in [0.2, 0.25) is 0 Å². The molecule has 1 fully saturated rings. The van der Waals surface area contributed by atoms with Gasteiger partial charge in [0.1, 0.15) is 11.6 Å². The number of anilines is 1. The van der Waals surface area contributed by atoms with Gasteiger partial charge in [0, 0.05) is 6.07 Å². The van der Waals surface area contributed by atoms with Gasteiger partial charge in [0.25, 0.3) is 5.56 Å². The van der Waals surface area contributed by atoms with Crippen molar-refractivity contribution < 1.29 is 9.64 Å². The van der Waals surface area contributed by atoms with E-state index >= 15 is 0 Å². The summed E-state index contributed by atoms with van der Waals surface area (Å²) in [7, 11) is 0. The van der Waals surface area contributed by atoms with Crippen LogP contribution in [-0.2, 0) is 0 Å². The zero-order valence-corrected chi connectivity index (χ0v) is 14.7. The Labute approximate surface area is 146 Å². The predicted octanol–water partition coefficient (Wildman–Crippen LogP) is -0.351. The lowest BCUT2D eigenvalue weighted by molar-refractivity contribution is -0.898. The van der Waals surface area contributed by atoms with E-state index in [1.54, 1.807) is 29.2 Å². The van der Waals surface area contributed by atoms with Crippen molar-refractivity contribution in [2.24, 2.45) is 0 Å². The van der Waals surface area contributed by atoms with Crippen molar-refractivity contribution in [3.63, 3.8) is 0 Å². The molecule has 1 saturated heterocycles. The Hall–Kier alpha value is -2.54. The molecule has 0 saturated carbocycles. The lowest BCUT2D eigenvalue weighted by Crippen LogP contribution is -3.14. The van der Waals surface area contributed by atoms with E-state index in [4.69, 9.17) is 4.74 Å². The molecule has 1 aromatic carbocycles. The fourth-order valence-corrected chi connectivity index (χ4v) is 3.17. The summed E-state index contributed by atoms with van der Waals surface area (Å²) in [6.45, 7) is 9.46. The van der Waals surface area contributed by atoms with Crippen LogP contribution in [0.1, 0.15) is 13.8 Å². The molecule has 7 heteroatoms. The number of ether oxygens (including phenoxy) is 1. The fraction of sp³-hybridized carbons (Fsp3) is 0.444. The molecule has 0 unspecified atom stereocenters. The lowest BCUT2D eigenvalue weighted by Gasteiger charge is -2.32. The van der Waals surface area contributed by atoms with Crippen LogP contribution in [0, 0.1) is 0 Å². The molecule has 1 aliphatic rings. The van der Waals surface area contributed by atoms with Gasteiger partial charge in [-0.2, -0.15) is 0 Å². The van der Waals surface area contributed by atoms with Crippen molar-refractivity contribution in [3.05, 3.63) is 51.2 Å². The minimum Gasteiger partial charge on any atom is -0.494 e. The fourth-order valence-electron chi connectivity index (χ4n) is 3.17. The normalized spacial score (nSPS) is 15.4. The van der Waals surface area contributed by atoms with E-state index in [2.05, 4.69) is 16.8 Å². The zero-order chi connectivity index (χ0) is 17.8. The van der Waals surface area contributed by atoms with Crippen molar-refractivity contribution in [1.29, 1.82) is 0 Å². The van der Waals surface area contributed by atoms with Gasteiger partial charge < -0.3 is 14.5 Å². The first-order valence-corrected chi connectivity index (χ1v) is 8.80. The van der Waals surface area contributed by atoms with Gasteiger partial charge in [-0.25, -0.2) is 9.36 Å². The Balaban J connectivity index is 1.86. The average Bonchev–Trinajstić information content (AvgIpc) is 2.63. The monoisotopic (exact) mass is 345 g/mol. The highest BCUT2D eigenvalue weighted by atomic mass is 16.5. The van der Waals surface area contributed by atoms with Crippen molar-refractivity contribution in [2.45, 2.75) is 13.8 Å². The number of rotatable bonds is 5. The quantitative estimate of drug-likeness (QED) is 0.777. The van der Waals surface area contributed by atoms with Crippen LogP contribution in [0.25, 0.3) is 5.69 Å². The van der Waals surface area contributed by atoms with E-state index < -0.39 is 5.69 Å². The minimum atomic E-state index is -0.420. The van der Waals surface area contributed by atoms with Gasteiger partial charge in [-0.15, -0.1) is 0 Å². The third-order valence-electron chi connectivity index (χ3n) is 4.64. The highest BCUT2D eigenvalue weighted by Crippen LogP contribution is 2.13. The number of hydrogen-bond donors (Lipinski definition) is 2. The molecule has 0 aliphatic carbocycles. The van der Waals surface area contributed by atoms with Crippen LogP contribution in [-0.4, -0.2) is 48.9 Å². The number of H-pyrrole nitrogens is 1. The molecular formula is C18H25N4O3+. The van der Waals surface area contributed by atoms with E-state index in [0.29, 0.717) is 23.9 Å². The second-order valence-electron chi connectivity index (χ2n) is 6.15. The van der Waals surface area contributed by atoms with Gasteiger partial charge in [0.2, 0.25) is 0 Å². The molecule has 1 aromatic heterocycles. The molecule has 0 amide bonds. The summed E-state index contributed by atoms with van der Waals surface area (Å²) in [5, 5.41) is 0. The highest BCUT2D eigenvalue weighted by Gasteiger charge is 2.20.